The summed E-state index contributed by atoms with van der Waals surface area (Å²) in [7, 11) is -3.60. The molecule has 1 saturated carbocycles. The van der Waals surface area contributed by atoms with Crippen molar-refractivity contribution in [3.63, 3.8) is 0 Å². The van der Waals surface area contributed by atoms with Crippen LogP contribution in [0.3, 0.4) is 0 Å². The fraction of sp³-hybridized carbons (Fsp3) is 0.647. The van der Waals surface area contributed by atoms with E-state index in [1.165, 1.54) is 19.3 Å². The Labute approximate surface area is 128 Å². The Morgan fingerprint density at radius 2 is 1.90 bits per heavy atom. The fourth-order valence-corrected chi connectivity index (χ4v) is 4.08. The molecule has 4 heteroatoms. The average Bonchev–Trinajstić information content (AvgIpc) is 2.75. The van der Waals surface area contributed by atoms with Gasteiger partial charge in [-0.1, -0.05) is 31.5 Å². The molecule has 3 nitrogen and oxygen atoms in total. The Hall–Kier alpha value is -0.870. The van der Waals surface area contributed by atoms with E-state index in [1.54, 1.807) is 24.3 Å². The molecule has 1 aromatic carbocycles. The summed E-state index contributed by atoms with van der Waals surface area (Å²) in [5, 5.41) is 0. The molecule has 2 rings (SSSR count). The van der Waals surface area contributed by atoms with Gasteiger partial charge >= 0.3 is 0 Å². The van der Waals surface area contributed by atoms with E-state index in [9.17, 15) is 8.42 Å². The van der Waals surface area contributed by atoms with Gasteiger partial charge in [0.1, 0.15) is 0 Å². The standard InChI is InChI=1S/C17H26O3S/c1-14-6-8-16(9-7-14)21(18,19)20-12-4-5-15-10-11-17(2,3)13-15/h6-9,15H,4-5,10-13H2,1-3H3/t15-/m1/s1. The lowest BCUT2D eigenvalue weighted by molar-refractivity contribution is 0.288. The first-order valence-corrected chi connectivity index (χ1v) is 9.15. The molecule has 0 N–H and O–H groups in total. The molecule has 21 heavy (non-hydrogen) atoms. The van der Waals surface area contributed by atoms with Crippen LogP contribution in [0.5, 0.6) is 0 Å². The maximum atomic E-state index is 12.0. The summed E-state index contributed by atoms with van der Waals surface area (Å²) in [6, 6.07) is 6.78. The van der Waals surface area contributed by atoms with Gasteiger partial charge in [0.05, 0.1) is 11.5 Å². The molecule has 1 fully saturated rings. The molecular formula is C17H26O3S. The summed E-state index contributed by atoms with van der Waals surface area (Å²) < 4.78 is 29.2. The van der Waals surface area contributed by atoms with Gasteiger partial charge < -0.3 is 0 Å². The molecule has 1 aliphatic rings. The molecular weight excluding hydrogens is 284 g/mol. The van der Waals surface area contributed by atoms with Crippen LogP contribution in [0.25, 0.3) is 0 Å². The van der Waals surface area contributed by atoms with Gasteiger partial charge in [0.2, 0.25) is 0 Å². The Morgan fingerprint density at radius 1 is 1.24 bits per heavy atom. The second kappa shape index (κ2) is 6.49. The van der Waals surface area contributed by atoms with Crippen molar-refractivity contribution in [3.8, 4) is 0 Å². The zero-order valence-corrected chi connectivity index (χ0v) is 14.1. The van der Waals surface area contributed by atoms with Crippen molar-refractivity contribution in [1.29, 1.82) is 0 Å². The third-order valence-electron chi connectivity index (χ3n) is 4.38. The van der Waals surface area contributed by atoms with Crippen molar-refractivity contribution in [2.24, 2.45) is 11.3 Å². The van der Waals surface area contributed by atoms with E-state index in [1.807, 2.05) is 6.92 Å². The molecule has 0 bridgehead atoms. The Morgan fingerprint density at radius 3 is 2.48 bits per heavy atom. The van der Waals surface area contributed by atoms with E-state index < -0.39 is 10.1 Å². The smallest absolute Gasteiger partial charge is 0.266 e. The van der Waals surface area contributed by atoms with Crippen molar-refractivity contribution in [1.82, 2.24) is 0 Å². The van der Waals surface area contributed by atoms with Gasteiger partial charge in [0, 0.05) is 0 Å². The molecule has 1 aliphatic carbocycles. The fourth-order valence-electron chi connectivity index (χ4n) is 3.14. The molecule has 1 atom stereocenters. The van der Waals surface area contributed by atoms with E-state index in [0.29, 0.717) is 5.41 Å². The van der Waals surface area contributed by atoms with Crippen LogP contribution in [0.1, 0.15) is 51.5 Å². The lowest BCUT2D eigenvalue weighted by atomic mass is 9.89. The highest BCUT2D eigenvalue weighted by Crippen LogP contribution is 2.42. The average molecular weight is 310 g/mol. The lowest BCUT2D eigenvalue weighted by Crippen LogP contribution is -2.09. The zero-order valence-electron chi connectivity index (χ0n) is 13.3. The van der Waals surface area contributed by atoms with E-state index in [-0.39, 0.29) is 11.5 Å². The van der Waals surface area contributed by atoms with Gasteiger partial charge in [-0.25, -0.2) is 0 Å². The molecule has 0 amide bonds. The first-order valence-electron chi connectivity index (χ1n) is 7.75. The maximum Gasteiger partial charge on any atom is 0.296 e. The van der Waals surface area contributed by atoms with E-state index >= 15 is 0 Å². The molecule has 0 aliphatic heterocycles. The molecule has 0 aromatic heterocycles. The number of aryl methyl sites for hydroxylation is 1. The summed E-state index contributed by atoms with van der Waals surface area (Å²) in [4.78, 5) is 0.245. The minimum atomic E-state index is -3.60. The van der Waals surface area contributed by atoms with Crippen LogP contribution in [0, 0.1) is 18.3 Å². The van der Waals surface area contributed by atoms with Crippen molar-refractivity contribution >= 4 is 10.1 Å². The Balaban J connectivity index is 1.76. The highest BCUT2D eigenvalue weighted by atomic mass is 32.2. The predicted molar refractivity (Wildman–Crippen MR) is 84.7 cm³/mol. The molecule has 1 aromatic rings. The Kier molecular flexibility index (Phi) is 5.10. The molecule has 0 radical (unpaired) electrons. The monoisotopic (exact) mass is 310 g/mol. The van der Waals surface area contributed by atoms with Crippen molar-refractivity contribution in [2.45, 2.75) is 57.8 Å². The first-order chi connectivity index (χ1) is 9.78. The molecule has 0 spiro atoms. The zero-order chi connectivity index (χ0) is 15.5. The van der Waals surface area contributed by atoms with E-state index in [0.717, 1.165) is 24.3 Å². The van der Waals surface area contributed by atoms with Gasteiger partial charge in [-0.2, -0.15) is 8.42 Å². The number of rotatable bonds is 6. The molecule has 0 saturated heterocycles. The van der Waals surface area contributed by atoms with Crippen molar-refractivity contribution < 1.29 is 12.6 Å². The van der Waals surface area contributed by atoms with Gasteiger partial charge in [-0.3, -0.25) is 4.18 Å². The lowest BCUT2D eigenvalue weighted by Gasteiger charge is -2.17. The summed E-state index contributed by atoms with van der Waals surface area (Å²) in [5.74, 6) is 0.727. The van der Waals surface area contributed by atoms with Crippen LogP contribution in [0.4, 0.5) is 0 Å². The molecule has 0 unspecified atom stereocenters. The van der Waals surface area contributed by atoms with Crippen molar-refractivity contribution in [3.05, 3.63) is 29.8 Å². The summed E-state index contributed by atoms with van der Waals surface area (Å²) in [6.07, 6.45) is 5.66. The quantitative estimate of drug-likeness (QED) is 0.581. The largest absolute Gasteiger partial charge is 0.296 e. The van der Waals surface area contributed by atoms with Gasteiger partial charge in [0.15, 0.2) is 0 Å². The molecule has 118 valence electrons. The first kappa shape index (κ1) is 16.5. The van der Waals surface area contributed by atoms with Crippen LogP contribution in [-0.2, 0) is 14.3 Å². The van der Waals surface area contributed by atoms with Gasteiger partial charge in [0.25, 0.3) is 10.1 Å². The topological polar surface area (TPSA) is 43.4 Å². The number of hydrogen-bond acceptors (Lipinski definition) is 3. The van der Waals surface area contributed by atoms with Gasteiger partial charge in [-0.05, 0) is 62.5 Å². The maximum absolute atomic E-state index is 12.0. The summed E-state index contributed by atoms with van der Waals surface area (Å²) in [6.45, 7) is 6.84. The second-order valence-electron chi connectivity index (χ2n) is 7.00. The highest BCUT2D eigenvalue weighted by Gasteiger charge is 2.30. The summed E-state index contributed by atoms with van der Waals surface area (Å²) in [5.41, 5.74) is 1.50. The van der Waals surface area contributed by atoms with Crippen LogP contribution in [-0.4, -0.2) is 15.0 Å². The normalized spacial score (nSPS) is 21.6. The third-order valence-corrected chi connectivity index (χ3v) is 5.70. The van der Waals surface area contributed by atoms with Gasteiger partial charge in [-0.15, -0.1) is 0 Å². The highest BCUT2D eigenvalue weighted by molar-refractivity contribution is 7.86. The minimum Gasteiger partial charge on any atom is -0.266 e. The van der Waals surface area contributed by atoms with Crippen LogP contribution < -0.4 is 0 Å². The SMILES string of the molecule is Cc1ccc(S(=O)(=O)OCCC[C@@H]2CCC(C)(C)C2)cc1. The summed E-state index contributed by atoms with van der Waals surface area (Å²) >= 11 is 0. The molecule has 0 heterocycles. The number of hydrogen-bond donors (Lipinski definition) is 0. The van der Waals surface area contributed by atoms with Crippen molar-refractivity contribution in [2.75, 3.05) is 6.61 Å². The Bertz CT molecular complexity index is 558. The third kappa shape index (κ3) is 4.82. The van der Waals surface area contributed by atoms with Crippen LogP contribution in [0.2, 0.25) is 0 Å². The van der Waals surface area contributed by atoms with Crippen LogP contribution in [0.15, 0.2) is 29.2 Å². The van der Waals surface area contributed by atoms with Crippen LogP contribution >= 0.6 is 0 Å². The number of benzene rings is 1. The predicted octanol–water partition coefficient (Wildman–Crippen LogP) is 4.31. The second-order valence-corrected chi connectivity index (χ2v) is 8.62. The van der Waals surface area contributed by atoms with E-state index in [4.69, 9.17) is 4.18 Å². The van der Waals surface area contributed by atoms with E-state index in [2.05, 4.69) is 13.8 Å². The minimum absolute atomic E-state index is 0.245.